The minimum atomic E-state index is -1.26. The number of nitro benzene ring substituents is 1. The standard InChI is InChI=1S/C10H12N2O5/c1-17-10(14)8(11)9(13)6-2-4-7(5-3-6)12(15)16/h2-5,8-9,13H,11H2,1H3/t8-,9+/m1/s1. The molecule has 1 aromatic carbocycles. The predicted octanol–water partition coefficient (Wildman–Crippen LogP) is 0.128. The fourth-order valence-corrected chi connectivity index (χ4v) is 1.27. The van der Waals surface area contributed by atoms with E-state index in [2.05, 4.69) is 4.74 Å². The Morgan fingerprint density at radius 3 is 2.41 bits per heavy atom. The molecule has 0 bridgehead atoms. The van der Waals surface area contributed by atoms with Gasteiger partial charge < -0.3 is 15.6 Å². The van der Waals surface area contributed by atoms with Crippen molar-refractivity contribution >= 4 is 11.7 Å². The third-order valence-corrected chi connectivity index (χ3v) is 2.26. The van der Waals surface area contributed by atoms with Crippen molar-refractivity contribution in [3.05, 3.63) is 39.9 Å². The molecule has 0 aliphatic carbocycles. The lowest BCUT2D eigenvalue weighted by Gasteiger charge is -2.16. The molecule has 0 spiro atoms. The van der Waals surface area contributed by atoms with E-state index in [0.29, 0.717) is 5.56 Å². The van der Waals surface area contributed by atoms with Gasteiger partial charge in [0.1, 0.15) is 12.1 Å². The first-order chi connectivity index (χ1) is 7.97. The molecule has 0 aliphatic rings. The third-order valence-electron chi connectivity index (χ3n) is 2.26. The molecule has 17 heavy (non-hydrogen) atoms. The van der Waals surface area contributed by atoms with Crippen molar-refractivity contribution in [3.63, 3.8) is 0 Å². The van der Waals surface area contributed by atoms with Crippen LogP contribution in [-0.4, -0.2) is 29.2 Å². The van der Waals surface area contributed by atoms with Crippen molar-refractivity contribution in [2.75, 3.05) is 7.11 Å². The summed E-state index contributed by atoms with van der Waals surface area (Å²) in [5, 5.41) is 20.1. The van der Waals surface area contributed by atoms with Crippen LogP contribution in [0.15, 0.2) is 24.3 Å². The van der Waals surface area contributed by atoms with Gasteiger partial charge in [0.25, 0.3) is 5.69 Å². The highest BCUT2D eigenvalue weighted by Crippen LogP contribution is 2.19. The highest BCUT2D eigenvalue weighted by Gasteiger charge is 2.25. The Morgan fingerprint density at radius 1 is 1.47 bits per heavy atom. The van der Waals surface area contributed by atoms with Gasteiger partial charge in [-0.25, -0.2) is 0 Å². The smallest absolute Gasteiger partial charge is 0.325 e. The van der Waals surface area contributed by atoms with Crippen LogP contribution in [0.5, 0.6) is 0 Å². The van der Waals surface area contributed by atoms with Crippen LogP contribution in [0.2, 0.25) is 0 Å². The molecule has 2 atom stereocenters. The second-order valence-electron chi connectivity index (χ2n) is 3.34. The number of rotatable bonds is 4. The summed E-state index contributed by atoms with van der Waals surface area (Å²) in [7, 11) is 1.16. The maximum Gasteiger partial charge on any atom is 0.325 e. The molecule has 0 unspecified atom stereocenters. The van der Waals surface area contributed by atoms with E-state index in [-0.39, 0.29) is 5.69 Å². The first-order valence-electron chi connectivity index (χ1n) is 4.73. The van der Waals surface area contributed by atoms with Gasteiger partial charge in [0.2, 0.25) is 0 Å². The lowest BCUT2D eigenvalue weighted by molar-refractivity contribution is -0.384. The number of aliphatic hydroxyl groups is 1. The lowest BCUT2D eigenvalue weighted by atomic mass is 10.0. The average molecular weight is 240 g/mol. The number of methoxy groups -OCH3 is 1. The predicted molar refractivity (Wildman–Crippen MR) is 58.0 cm³/mol. The first-order valence-corrected chi connectivity index (χ1v) is 4.73. The van der Waals surface area contributed by atoms with Crippen molar-refractivity contribution in [3.8, 4) is 0 Å². The Morgan fingerprint density at radius 2 is 2.00 bits per heavy atom. The van der Waals surface area contributed by atoms with Crippen LogP contribution in [0, 0.1) is 10.1 Å². The van der Waals surface area contributed by atoms with Gasteiger partial charge in [-0.15, -0.1) is 0 Å². The van der Waals surface area contributed by atoms with Gasteiger partial charge in [-0.2, -0.15) is 0 Å². The van der Waals surface area contributed by atoms with Gasteiger partial charge >= 0.3 is 5.97 Å². The highest BCUT2D eigenvalue weighted by molar-refractivity contribution is 5.76. The second-order valence-corrected chi connectivity index (χ2v) is 3.34. The molecule has 92 valence electrons. The second kappa shape index (κ2) is 5.37. The topological polar surface area (TPSA) is 116 Å². The Bertz CT molecular complexity index is 417. The first kappa shape index (κ1) is 13.1. The molecular weight excluding hydrogens is 228 g/mol. The van der Waals surface area contributed by atoms with Crippen LogP contribution in [0.25, 0.3) is 0 Å². The molecule has 0 radical (unpaired) electrons. The maximum atomic E-state index is 11.1. The quantitative estimate of drug-likeness (QED) is 0.439. The fourth-order valence-electron chi connectivity index (χ4n) is 1.27. The van der Waals surface area contributed by atoms with Crippen LogP contribution in [-0.2, 0) is 9.53 Å². The van der Waals surface area contributed by atoms with E-state index in [1.54, 1.807) is 0 Å². The number of benzene rings is 1. The minimum absolute atomic E-state index is 0.104. The molecule has 0 heterocycles. The molecule has 0 fully saturated rings. The largest absolute Gasteiger partial charge is 0.468 e. The van der Waals surface area contributed by atoms with Gasteiger partial charge in [0, 0.05) is 12.1 Å². The highest BCUT2D eigenvalue weighted by atomic mass is 16.6. The van der Waals surface area contributed by atoms with E-state index in [4.69, 9.17) is 5.73 Å². The van der Waals surface area contributed by atoms with E-state index in [1.807, 2.05) is 0 Å². The van der Waals surface area contributed by atoms with E-state index in [0.717, 1.165) is 7.11 Å². The Labute approximate surface area is 97.0 Å². The van der Waals surface area contributed by atoms with Gasteiger partial charge in [0.05, 0.1) is 12.0 Å². The van der Waals surface area contributed by atoms with Crippen molar-refractivity contribution < 1.29 is 19.6 Å². The summed E-state index contributed by atoms with van der Waals surface area (Å²) in [5.41, 5.74) is 5.65. The molecule has 3 N–H and O–H groups in total. The summed E-state index contributed by atoms with van der Waals surface area (Å²) in [6.07, 6.45) is -1.26. The number of hydrogen-bond acceptors (Lipinski definition) is 6. The summed E-state index contributed by atoms with van der Waals surface area (Å²) in [4.78, 5) is 20.9. The number of carbonyl (C=O) groups is 1. The third kappa shape index (κ3) is 2.99. The summed E-state index contributed by atoms with van der Waals surface area (Å²) >= 11 is 0. The zero-order valence-electron chi connectivity index (χ0n) is 9.07. The van der Waals surface area contributed by atoms with E-state index in [9.17, 15) is 20.0 Å². The molecule has 0 amide bonds. The van der Waals surface area contributed by atoms with Crippen LogP contribution < -0.4 is 5.73 Å². The Kier molecular flexibility index (Phi) is 4.13. The monoisotopic (exact) mass is 240 g/mol. The number of non-ortho nitro benzene ring substituents is 1. The summed E-state index contributed by atoms with van der Waals surface area (Å²) in [6, 6.07) is 3.91. The van der Waals surface area contributed by atoms with E-state index < -0.39 is 23.0 Å². The lowest BCUT2D eigenvalue weighted by Crippen LogP contribution is -2.37. The van der Waals surface area contributed by atoms with Crippen LogP contribution >= 0.6 is 0 Å². The normalized spacial score (nSPS) is 13.8. The summed E-state index contributed by atoms with van der Waals surface area (Å²) < 4.78 is 4.38. The Balaban J connectivity index is 2.86. The van der Waals surface area contributed by atoms with E-state index >= 15 is 0 Å². The zero-order chi connectivity index (χ0) is 13.0. The van der Waals surface area contributed by atoms with Crippen molar-refractivity contribution in [1.82, 2.24) is 0 Å². The van der Waals surface area contributed by atoms with Crippen LogP contribution in [0.1, 0.15) is 11.7 Å². The molecule has 7 heteroatoms. The molecule has 0 aromatic heterocycles. The van der Waals surface area contributed by atoms with Gasteiger partial charge in [-0.3, -0.25) is 14.9 Å². The summed E-state index contributed by atoms with van der Waals surface area (Å²) in [6.45, 7) is 0. The molecule has 0 saturated carbocycles. The van der Waals surface area contributed by atoms with Gasteiger partial charge in [-0.05, 0) is 17.7 Å². The number of nitrogens with zero attached hydrogens (tertiary/aromatic N) is 1. The molecule has 0 saturated heterocycles. The number of hydrogen-bond donors (Lipinski definition) is 2. The van der Waals surface area contributed by atoms with Crippen molar-refractivity contribution in [2.24, 2.45) is 5.73 Å². The van der Waals surface area contributed by atoms with Crippen LogP contribution in [0.3, 0.4) is 0 Å². The molecule has 1 rings (SSSR count). The number of nitrogens with two attached hydrogens (primary N) is 1. The van der Waals surface area contributed by atoms with Gasteiger partial charge in [0.15, 0.2) is 0 Å². The van der Waals surface area contributed by atoms with Crippen molar-refractivity contribution in [2.45, 2.75) is 12.1 Å². The fraction of sp³-hybridized carbons (Fsp3) is 0.300. The van der Waals surface area contributed by atoms with E-state index in [1.165, 1.54) is 24.3 Å². The molecule has 7 nitrogen and oxygen atoms in total. The SMILES string of the molecule is COC(=O)[C@H](N)[C@@H](O)c1ccc([N+](=O)[O-])cc1. The molecular formula is C10H12N2O5. The number of aliphatic hydroxyl groups excluding tert-OH is 1. The Hall–Kier alpha value is -1.99. The van der Waals surface area contributed by atoms with Crippen molar-refractivity contribution in [1.29, 1.82) is 0 Å². The zero-order valence-corrected chi connectivity index (χ0v) is 9.07. The van der Waals surface area contributed by atoms with Crippen LogP contribution in [0.4, 0.5) is 5.69 Å². The minimum Gasteiger partial charge on any atom is -0.468 e. The maximum absolute atomic E-state index is 11.1. The summed E-state index contributed by atoms with van der Waals surface area (Å²) in [5.74, 6) is -0.754. The number of nitro groups is 1. The number of carbonyl (C=O) groups excluding carboxylic acids is 1. The average Bonchev–Trinajstić information content (AvgIpc) is 2.36. The van der Waals surface area contributed by atoms with Gasteiger partial charge in [-0.1, -0.05) is 0 Å². The molecule has 0 aliphatic heterocycles. The number of ether oxygens (including phenoxy) is 1. The number of esters is 1. The molecule has 1 aromatic rings.